The normalized spacial score (nSPS) is 15.9. The Morgan fingerprint density at radius 2 is 1.45 bits per heavy atom. The molecule has 0 radical (unpaired) electrons. The zero-order valence-corrected chi connectivity index (χ0v) is 22.2. The van der Waals surface area contributed by atoms with Gasteiger partial charge in [0.1, 0.15) is 0 Å². The molecule has 6 heteroatoms. The number of rotatable bonds is 5. The molecule has 0 bridgehead atoms. The first-order valence-corrected chi connectivity index (χ1v) is 13.5. The Hall–Kier alpha value is -4.03. The van der Waals surface area contributed by atoms with Crippen molar-refractivity contribution in [1.82, 2.24) is 14.9 Å². The molecular formula is C32H33N5O. The van der Waals surface area contributed by atoms with Gasteiger partial charge in [-0.2, -0.15) is 0 Å². The standard InChI is InChI=1S/C32H33N5O/c1-4-21(3)36-16-18-37(19-17-36)24-14-12-22(13-15-24)25-6-5-7-26-27(25)30-28(31(26)38)29(34-32(33)35-30)23-10-8-20(2)9-11-23/h5-15,21H,4,16-19H2,1-3H3,(H2,33,34,35). The number of carbonyl (C=O) groups is 1. The fourth-order valence-electron chi connectivity index (χ4n) is 5.70. The van der Waals surface area contributed by atoms with E-state index >= 15 is 0 Å². The van der Waals surface area contributed by atoms with Crippen LogP contribution < -0.4 is 10.6 Å². The van der Waals surface area contributed by atoms with Crippen molar-refractivity contribution >= 4 is 17.4 Å². The number of nitrogens with two attached hydrogens (primary N) is 1. The summed E-state index contributed by atoms with van der Waals surface area (Å²) in [5, 5.41) is 0. The van der Waals surface area contributed by atoms with Crippen LogP contribution in [0.25, 0.3) is 33.6 Å². The lowest BCUT2D eigenvalue weighted by molar-refractivity contribution is 0.104. The van der Waals surface area contributed by atoms with Crippen molar-refractivity contribution < 1.29 is 4.79 Å². The van der Waals surface area contributed by atoms with Crippen molar-refractivity contribution in [3.05, 3.63) is 83.4 Å². The maximum Gasteiger partial charge on any atom is 0.221 e. The lowest BCUT2D eigenvalue weighted by atomic mass is 9.96. The van der Waals surface area contributed by atoms with Crippen molar-refractivity contribution in [1.29, 1.82) is 0 Å². The summed E-state index contributed by atoms with van der Waals surface area (Å²) < 4.78 is 0. The Morgan fingerprint density at radius 3 is 2.13 bits per heavy atom. The number of fused-ring (bicyclic) bond motifs is 3. The number of piperazine rings is 1. The van der Waals surface area contributed by atoms with E-state index in [0.29, 0.717) is 28.6 Å². The first kappa shape index (κ1) is 24.3. The van der Waals surface area contributed by atoms with E-state index < -0.39 is 0 Å². The Bertz CT molecular complexity index is 1500. The Balaban J connectivity index is 1.35. The highest BCUT2D eigenvalue weighted by molar-refractivity contribution is 6.25. The van der Waals surface area contributed by atoms with E-state index in [4.69, 9.17) is 5.73 Å². The van der Waals surface area contributed by atoms with Gasteiger partial charge in [-0.05, 0) is 43.5 Å². The molecule has 1 aromatic heterocycles. The fraction of sp³-hybridized carbons (Fsp3) is 0.281. The maximum atomic E-state index is 13.7. The van der Waals surface area contributed by atoms with Crippen molar-refractivity contribution in [2.24, 2.45) is 0 Å². The van der Waals surface area contributed by atoms with E-state index in [1.807, 2.05) is 43.3 Å². The van der Waals surface area contributed by atoms with Crippen molar-refractivity contribution in [3.8, 4) is 33.6 Å². The lowest BCUT2D eigenvalue weighted by Gasteiger charge is -2.39. The number of ketones is 1. The van der Waals surface area contributed by atoms with Gasteiger partial charge in [-0.15, -0.1) is 0 Å². The second kappa shape index (κ2) is 9.69. The van der Waals surface area contributed by atoms with Crippen LogP contribution in [-0.4, -0.2) is 52.9 Å². The van der Waals surface area contributed by atoms with E-state index in [9.17, 15) is 4.79 Å². The SMILES string of the molecule is CCC(C)N1CCN(c2ccc(-c3cccc4c3-c3nc(N)nc(-c5ccc(C)cc5)c3C4=O)cc2)CC1. The highest BCUT2D eigenvalue weighted by atomic mass is 16.1. The average Bonchev–Trinajstić information content (AvgIpc) is 3.24. The molecule has 192 valence electrons. The molecule has 3 aromatic carbocycles. The second-order valence-electron chi connectivity index (χ2n) is 10.4. The summed E-state index contributed by atoms with van der Waals surface area (Å²) in [6.45, 7) is 10.8. The third-order valence-electron chi connectivity index (χ3n) is 8.10. The minimum absolute atomic E-state index is 0.0526. The van der Waals surface area contributed by atoms with Crippen LogP contribution in [0.5, 0.6) is 0 Å². The Morgan fingerprint density at radius 1 is 0.816 bits per heavy atom. The van der Waals surface area contributed by atoms with E-state index in [1.165, 1.54) is 12.1 Å². The number of hydrogen-bond acceptors (Lipinski definition) is 6. The lowest BCUT2D eigenvalue weighted by Crippen LogP contribution is -2.49. The first-order chi connectivity index (χ1) is 18.4. The van der Waals surface area contributed by atoms with Crippen molar-refractivity contribution in [2.75, 3.05) is 36.8 Å². The van der Waals surface area contributed by atoms with Crippen molar-refractivity contribution in [2.45, 2.75) is 33.2 Å². The summed E-state index contributed by atoms with van der Waals surface area (Å²) >= 11 is 0. The van der Waals surface area contributed by atoms with Crippen LogP contribution in [0, 0.1) is 6.92 Å². The smallest absolute Gasteiger partial charge is 0.221 e. The van der Waals surface area contributed by atoms with Gasteiger partial charge in [0, 0.05) is 54.6 Å². The summed E-state index contributed by atoms with van der Waals surface area (Å²) in [7, 11) is 0. The van der Waals surface area contributed by atoms with Gasteiger partial charge < -0.3 is 10.6 Å². The summed E-state index contributed by atoms with van der Waals surface area (Å²) in [5.74, 6) is 0.116. The molecule has 6 rings (SSSR count). The van der Waals surface area contributed by atoms with Crippen LogP contribution >= 0.6 is 0 Å². The number of nitrogen functional groups attached to an aromatic ring is 1. The van der Waals surface area contributed by atoms with Crippen LogP contribution in [0.1, 0.15) is 41.8 Å². The van der Waals surface area contributed by atoms with Gasteiger partial charge in [-0.3, -0.25) is 9.69 Å². The largest absolute Gasteiger partial charge is 0.369 e. The molecule has 1 atom stereocenters. The number of carbonyl (C=O) groups excluding carboxylic acids is 1. The summed E-state index contributed by atoms with van der Waals surface area (Å²) in [5.41, 5.74) is 14.7. The molecule has 1 fully saturated rings. The number of anilines is 2. The predicted molar refractivity (Wildman–Crippen MR) is 154 cm³/mol. The molecule has 1 aliphatic carbocycles. The quantitative estimate of drug-likeness (QED) is 0.325. The molecule has 38 heavy (non-hydrogen) atoms. The van der Waals surface area contributed by atoms with Gasteiger partial charge >= 0.3 is 0 Å². The van der Waals surface area contributed by atoms with Crippen molar-refractivity contribution in [3.63, 3.8) is 0 Å². The van der Waals surface area contributed by atoms with Gasteiger partial charge in [0.05, 0.1) is 17.0 Å². The third kappa shape index (κ3) is 4.15. The fourth-order valence-corrected chi connectivity index (χ4v) is 5.70. The van der Waals surface area contributed by atoms with E-state index in [0.717, 1.165) is 54.0 Å². The van der Waals surface area contributed by atoms with Gasteiger partial charge in [0.15, 0.2) is 5.78 Å². The predicted octanol–water partition coefficient (Wildman–Crippen LogP) is 5.83. The van der Waals surface area contributed by atoms with Crippen LogP contribution in [-0.2, 0) is 0 Å². The summed E-state index contributed by atoms with van der Waals surface area (Å²) in [4.78, 5) is 27.8. The summed E-state index contributed by atoms with van der Waals surface area (Å²) in [6, 6.07) is 23.2. The zero-order valence-electron chi connectivity index (χ0n) is 22.2. The average molecular weight is 504 g/mol. The first-order valence-electron chi connectivity index (χ1n) is 13.5. The van der Waals surface area contributed by atoms with Crippen LogP contribution in [0.4, 0.5) is 11.6 Å². The van der Waals surface area contributed by atoms with Crippen LogP contribution in [0.2, 0.25) is 0 Å². The molecular weight excluding hydrogens is 470 g/mol. The van der Waals surface area contributed by atoms with E-state index in [-0.39, 0.29) is 11.7 Å². The van der Waals surface area contributed by atoms with E-state index in [1.54, 1.807) is 0 Å². The molecule has 6 nitrogen and oxygen atoms in total. The zero-order chi connectivity index (χ0) is 26.4. The molecule has 1 saturated heterocycles. The van der Waals surface area contributed by atoms with Gasteiger partial charge in [0.2, 0.25) is 5.95 Å². The van der Waals surface area contributed by atoms with Gasteiger partial charge in [0.25, 0.3) is 0 Å². The number of aryl methyl sites for hydroxylation is 1. The van der Waals surface area contributed by atoms with E-state index in [2.05, 4.69) is 63.9 Å². The number of benzene rings is 3. The molecule has 2 N–H and O–H groups in total. The highest BCUT2D eigenvalue weighted by Gasteiger charge is 2.34. The number of hydrogen-bond donors (Lipinski definition) is 1. The molecule has 2 heterocycles. The molecule has 0 amide bonds. The third-order valence-corrected chi connectivity index (χ3v) is 8.10. The number of aromatic nitrogens is 2. The molecule has 1 unspecified atom stereocenters. The minimum atomic E-state index is -0.0526. The Labute approximate surface area is 224 Å². The van der Waals surface area contributed by atoms with Gasteiger partial charge in [-0.1, -0.05) is 67.1 Å². The topological polar surface area (TPSA) is 75.3 Å². The Kier molecular flexibility index (Phi) is 6.20. The van der Waals surface area contributed by atoms with Crippen LogP contribution in [0.15, 0.2) is 66.7 Å². The minimum Gasteiger partial charge on any atom is -0.369 e. The van der Waals surface area contributed by atoms with Gasteiger partial charge in [-0.25, -0.2) is 9.97 Å². The maximum absolute atomic E-state index is 13.7. The molecule has 0 spiro atoms. The molecule has 0 saturated carbocycles. The highest BCUT2D eigenvalue weighted by Crippen LogP contribution is 2.45. The second-order valence-corrected chi connectivity index (χ2v) is 10.4. The van der Waals surface area contributed by atoms with Crippen LogP contribution in [0.3, 0.4) is 0 Å². The summed E-state index contributed by atoms with van der Waals surface area (Å²) in [6.07, 6.45) is 1.19. The monoisotopic (exact) mass is 503 g/mol. The number of nitrogens with zero attached hydrogens (tertiary/aromatic N) is 4. The molecule has 2 aliphatic rings. The molecule has 1 aliphatic heterocycles. The molecule has 4 aromatic rings.